The van der Waals surface area contributed by atoms with Gasteiger partial charge in [0.2, 0.25) is 5.91 Å². The fourth-order valence-corrected chi connectivity index (χ4v) is 1.24. The van der Waals surface area contributed by atoms with Crippen molar-refractivity contribution in [2.24, 2.45) is 0 Å². The normalized spacial score (nSPS) is 12.4. The first-order chi connectivity index (χ1) is 7.74. The van der Waals surface area contributed by atoms with Crippen LogP contribution in [0.4, 0.5) is 0 Å². The third-order valence-electron chi connectivity index (χ3n) is 2.21. The number of amides is 1. The third-order valence-corrected chi connectivity index (χ3v) is 2.21. The van der Waals surface area contributed by atoms with Crippen molar-refractivity contribution in [2.45, 2.75) is 32.9 Å². The molecule has 1 aromatic rings. The summed E-state index contributed by atoms with van der Waals surface area (Å²) in [6.45, 7) is 6.03. The highest BCUT2D eigenvalue weighted by atomic mass is 16.2. The maximum absolute atomic E-state index is 11.5. The molecule has 0 aliphatic carbocycles. The molecule has 1 atom stereocenters. The summed E-state index contributed by atoms with van der Waals surface area (Å²) in [6, 6.07) is -0.171. The maximum Gasteiger partial charge on any atom is 0.236 e. The Morgan fingerprint density at radius 2 is 2.31 bits per heavy atom. The first-order valence-electron chi connectivity index (χ1n) is 5.59. The van der Waals surface area contributed by atoms with Crippen LogP contribution in [0.2, 0.25) is 0 Å². The van der Waals surface area contributed by atoms with E-state index in [-0.39, 0.29) is 11.9 Å². The van der Waals surface area contributed by atoms with Crippen LogP contribution < -0.4 is 10.6 Å². The quantitative estimate of drug-likeness (QED) is 0.673. The molecule has 0 saturated heterocycles. The molecule has 1 aromatic heterocycles. The van der Waals surface area contributed by atoms with E-state index in [1.807, 2.05) is 13.8 Å². The van der Waals surface area contributed by atoms with Gasteiger partial charge in [-0.05, 0) is 13.3 Å². The summed E-state index contributed by atoms with van der Waals surface area (Å²) in [5.41, 5.74) is 0. The first-order valence-corrected chi connectivity index (χ1v) is 5.59. The SMILES string of the molecule is CCCNC(=O)C(C)NCCn1ccnn1. The van der Waals surface area contributed by atoms with Gasteiger partial charge in [-0.25, -0.2) is 0 Å². The minimum atomic E-state index is -0.171. The molecule has 16 heavy (non-hydrogen) atoms. The van der Waals surface area contributed by atoms with Gasteiger partial charge in [-0.1, -0.05) is 12.1 Å². The predicted molar refractivity (Wildman–Crippen MR) is 60.8 cm³/mol. The van der Waals surface area contributed by atoms with Crippen LogP contribution in [0.5, 0.6) is 0 Å². The zero-order chi connectivity index (χ0) is 11.8. The van der Waals surface area contributed by atoms with E-state index in [0.717, 1.165) is 13.0 Å². The maximum atomic E-state index is 11.5. The lowest BCUT2D eigenvalue weighted by molar-refractivity contribution is -0.122. The van der Waals surface area contributed by atoms with Crippen molar-refractivity contribution in [2.75, 3.05) is 13.1 Å². The largest absolute Gasteiger partial charge is 0.355 e. The van der Waals surface area contributed by atoms with Crippen molar-refractivity contribution in [1.29, 1.82) is 0 Å². The Morgan fingerprint density at radius 1 is 1.50 bits per heavy atom. The molecule has 0 bridgehead atoms. The smallest absolute Gasteiger partial charge is 0.236 e. The Bertz CT molecular complexity index is 298. The second kappa shape index (κ2) is 6.95. The Labute approximate surface area is 95.4 Å². The zero-order valence-electron chi connectivity index (χ0n) is 9.81. The van der Waals surface area contributed by atoms with Crippen molar-refractivity contribution in [1.82, 2.24) is 25.6 Å². The van der Waals surface area contributed by atoms with Crippen molar-refractivity contribution < 1.29 is 4.79 Å². The monoisotopic (exact) mass is 225 g/mol. The highest BCUT2D eigenvalue weighted by molar-refractivity contribution is 5.81. The summed E-state index contributed by atoms with van der Waals surface area (Å²) in [5.74, 6) is 0.0421. The van der Waals surface area contributed by atoms with Crippen LogP contribution >= 0.6 is 0 Å². The van der Waals surface area contributed by atoms with Gasteiger partial charge in [0.05, 0.1) is 18.8 Å². The van der Waals surface area contributed by atoms with Crippen molar-refractivity contribution >= 4 is 5.91 Å². The number of rotatable bonds is 7. The minimum absolute atomic E-state index is 0.0421. The van der Waals surface area contributed by atoms with Gasteiger partial charge >= 0.3 is 0 Å². The van der Waals surface area contributed by atoms with E-state index in [1.54, 1.807) is 17.1 Å². The second-order valence-corrected chi connectivity index (χ2v) is 3.63. The van der Waals surface area contributed by atoms with Gasteiger partial charge in [-0.2, -0.15) is 0 Å². The number of aromatic nitrogens is 3. The van der Waals surface area contributed by atoms with E-state index in [1.165, 1.54) is 0 Å². The Hall–Kier alpha value is -1.43. The Morgan fingerprint density at radius 3 is 2.94 bits per heavy atom. The number of nitrogens with one attached hydrogen (secondary N) is 2. The summed E-state index contributed by atoms with van der Waals surface area (Å²) >= 11 is 0. The fraction of sp³-hybridized carbons (Fsp3) is 0.700. The molecular formula is C10H19N5O. The van der Waals surface area contributed by atoms with E-state index in [0.29, 0.717) is 13.1 Å². The number of hydrogen-bond acceptors (Lipinski definition) is 4. The Balaban J connectivity index is 2.14. The molecule has 0 saturated carbocycles. The lowest BCUT2D eigenvalue weighted by Crippen LogP contribution is -2.43. The highest BCUT2D eigenvalue weighted by Crippen LogP contribution is 1.84. The molecule has 1 rings (SSSR count). The summed E-state index contributed by atoms with van der Waals surface area (Å²) in [6.07, 6.45) is 4.39. The Kier molecular flexibility index (Phi) is 5.49. The predicted octanol–water partition coefficient (Wildman–Crippen LogP) is -0.218. The number of carbonyl (C=O) groups excluding carboxylic acids is 1. The van der Waals surface area contributed by atoms with Crippen LogP contribution in [0.15, 0.2) is 12.4 Å². The molecule has 6 heteroatoms. The summed E-state index contributed by atoms with van der Waals surface area (Å²) in [4.78, 5) is 11.5. The van der Waals surface area contributed by atoms with Crippen molar-refractivity contribution in [3.05, 3.63) is 12.4 Å². The van der Waals surface area contributed by atoms with Gasteiger partial charge in [-0.15, -0.1) is 5.10 Å². The third kappa shape index (κ3) is 4.39. The van der Waals surface area contributed by atoms with Crippen molar-refractivity contribution in [3.63, 3.8) is 0 Å². The lowest BCUT2D eigenvalue weighted by atomic mass is 10.3. The van der Waals surface area contributed by atoms with Gasteiger partial charge in [0.25, 0.3) is 0 Å². The molecule has 0 aliphatic heterocycles. The molecule has 0 aromatic carbocycles. The van der Waals surface area contributed by atoms with E-state index in [4.69, 9.17) is 0 Å². The molecule has 1 amide bonds. The first kappa shape index (κ1) is 12.6. The van der Waals surface area contributed by atoms with Crippen molar-refractivity contribution in [3.8, 4) is 0 Å². The summed E-state index contributed by atoms with van der Waals surface area (Å²) in [7, 11) is 0. The van der Waals surface area contributed by atoms with Crippen LogP contribution in [0, 0.1) is 0 Å². The topological polar surface area (TPSA) is 71.8 Å². The average Bonchev–Trinajstić information content (AvgIpc) is 2.78. The molecule has 2 N–H and O–H groups in total. The average molecular weight is 225 g/mol. The van der Waals surface area contributed by atoms with Crippen LogP contribution in [-0.2, 0) is 11.3 Å². The number of carbonyl (C=O) groups is 1. The summed E-state index contributed by atoms with van der Waals surface area (Å²) < 4.78 is 1.73. The van der Waals surface area contributed by atoms with Gasteiger partial charge < -0.3 is 10.6 Å². The molecule has 0 fully saturated rings. The standard InChI is InChI=1S/C10H19N5O/c1-3-4-12-10(16)9(2)11-5-7-15-8-6-13-14-15/h6,8-9,11H,3-5,7H2,1-2H3,(H,12,16). The van der Waals surface area contributed by atoms with Gasteiger partial charge in [0, 0.05) is 19.3 Å². The van der Waals surface area contributed by atoms with Gasteiger partial charge in [0.1, 0.15) is 0 Å². The molecule has 0 spiro atoms. The van der Waals surface area contributed by atoms with E-state index < -0.39 is 0 Å². The molecule has 6 nitrogen and oxygen atoms in total. The van der Waals surface area contributed by atoms with Gasteiger partial charge in [0.15, 0.2) is 0 Å². The van der Waals surface area contributed by atoms with Crippen LogP contribution in [0.1, 0.15) is 20.3 Å². The van der Waals surface area contributed by atoms with Crippen LogP contribution in [0.3, 0.4) is 0 Å². The molecule has 1 unspecified atom stereocenters. The highest BCUT2D eigenvalue weighted by Gasteiger charge is 2.10. The zero-order valence-corrected chi connectivity index (χ0v) is 9.81. The molecular weight excluding hydrogens is 206 g/mol. The second-order valence-electron chi connectivity index (χ2n) is 3.63. The number of nitrogens with zero attached hydrogens (tertiary/aromatic N) is 3. The number of hydrogen-bond donors (Lipinski definition) is 2. The molecule has 90 valence electrons. The van der Waals surface area contributed by atoms with Crippen LogP contribution in [-0.4, -0.2) is 40.0 Å². The molecule has 0 aliphatic rings. The molecule has 0 radical (unpaired) electrons. The minimum Gasteiger partial charge on any atom is -0.355 e. The van der Waals surface area contributed by atoms with E-state index in [9.17, 15) is 4.79 Å². The molecule has 1 heterocycles. The van der Waals surface area contributed by atoms with E-state index >= 15 is 0 Å². The lowest BCUT2D eigenvalue weighted by Gasteiger charge is -2.13. The fourth-order valence-electron chi connectivity index (χ4n) is 1.24. The van der Waals surface area contributed by atoms with E-state index in [2.05, 4.69) is 20.9 Å². The van der Waals surface area contributed by atoms with Crippen LogP contribution in [0.25, 0.3) is 0 Å². The summed E-state index contributed by atoms with van der Waals surface area (Å²) in [5, 5.41) is 13.5. The van der Waals surface area contributed by atoms with Gasteiger partial charge in [-0.3, -0.25) is 9.48 Å².